The van der Waals surface area contributed by atoms with Crippen molar-refractivity contribution in [3.8, 4) is 34.4 Å². The van der Waals surface area contributed by atoms with Crippen LogP contribution in [0.4, 0.5) is 4.39 Å². The molecule has 1 saturated heterocycles. The van der Waals surface area contributed by atoms with Crippen LogP contribution in [-0.4, -0.2) is 58.1 Å². The zero-order valence-corrected chi connectivity index (χ0v) is 20.6. The second-order valence-corrected chi connectivity index (χ2v) is 9.21. The van der Waals surface area contributed by atoms with Gasteiger partial charge in [-0.1, -0.05) is 18.2 Å². The third-order valence-corrected chi connectivity index (χ3v) is 5.93. The molecule has 0 aliphatic carbocycles. The Morgan fingerprint density at radius 2 is 1.76 bits per heavy atom. The van der Waals surface area contributed by atoms with Gasteiger partial charge in [0.15, 0.2) is 5.82 Å². The Kier molecular flexibility index (Phi) is 6.68. The summed E-state index contributed by atoms with van der Waals surface area (Å²) in [5.41, 5.74) is 1.48. The second kappa shape index (κ2) is 10.1. The minimum Gasteiger partial charge on any atom is -0.424 e. The fraction of sp³-hybridized carbons (Fsp3) is 0.259. The van der Waals surface area contributed by atoms with Gasteiger partial charge >= 0.3 is 6.01 Å². The third kappa shape index (κ3) is 5.20. The number of carbonyl (C=O) groups is 1. The number of para-hydroxylation sites is 1. The Bertz CT molecular complexity index is 1380. The predicted molar refractivity (Wildman–Crippen MR) is 133 cm³/mol. The van der Waals surface area contributed by atoms with Gasteiger partial charge in [0.1, 0.15) is 11.6 Å². The first-order chi connectivity index (χ1) is 17.8. The Hall–Kier alpha value is -4.15. The molecule has 0 unspecified atom stereocenters. The van der Waals surface area contributed by atoms with Crippen molar-refractivity contribution >= 4 is 5.91 Å². The van der Waals surface area contributed by atoms with Gasteiger partial charge < -0.3 is 24.1 Å². The molecule has 0 radical (unpaired) electrons. The lowest BCUT2D eigenvalue weighted by molar-refractivity contribution is -0.233. The van der Waals surface area contributed by atoms with Gasteiger partial charge in [-0.15, -0.1) is 0 Å². The first kappa shape index (κ1) is 24.5. The number of halogens is 1. The topological polar surface area (TPSA) is 102 Å². The maximum atomic E-state index is 13.6. The van der Waals surface area contributed by atoms with E-state index in [1.807, 2.05) is 18.2 Å². The Labute approximate surface area is 213 Å². The summed E-state index contributed by atoms with van der Waals surface area (Å²) in [6.45, 7) is 2.14. The quantitative estimate of drug-likeness (QED) is 0.410. The fourth-order valence-corrected chi connectivity index (χ4v) is 4.06. The summed E-state index contributed by atoms with van der Waals surface area (Å²) < 4.78 is 31.3. The minimum absolute atomic E-state index is 0.0787. The molecule has 2 aromatic carbocycles. The first-order valence-corrected chi connectivity index (χ1v) is 11.7. The number of ether oxygens (including phenoxy) is 3. The summed E-state index contributed by atoms with van der Waals surface area (Å²) >= 11 is 0. The number of amides is 1. The molecule has 190 valence electrons. The number of aromatic nitrogens is 4. The number of nitrogens with zero attached hydrogens (tertiary/aromatic N) is 4. The zero-order chi connectivity index (χ0) is 26.0. The van der Waals surface area contributed by atoms with Crippen molar-refractivity contribution in [1.29, 1.82) is 0 Å². The smallest absolute Gasteiger partial charge is 0.322 e. The lowest BCUT2D eigenvalue weighted by Crippen LogP contribution is -2.48. The Balaban J connectivity index is 1.47. The molecule has 2 aromatic heterocycles. The van der Waals surface area contributed by atoms with Gasteiger partial charge in [-0.2, -0.15) is 4.98 Å². The molecule has 5 rings (SSSR count). The predicted octanol–water partition coefficient (Wildman–Crippen LogP) is 4.61. The molecule has 37 heavy (non-hydrogen) atoms. The Morgan fingerprint density at radius 3 is 2.43 bits per heavy atom. The van der Waals surface area contributed by atoms with Crippen LogP contribution in [0.3, 0.4) is 0 Å². The summed E-state index contributed by atoms with van der Waals surface area (Å²) in [6, 6.07) is 17.1. The summed E-state index contributed by atoms with van der Waals surface area (Å²) in [6.07, 6.45) is 0.763. The highest BCUT2D eigenvalue weighted by Gasteiger charge is 2.41. The molecule has 3 heterocycles. The lowest BCUT2D eigenvalue weighted by atomic mass is 9.90. The molecule has 1 N–H and O–H groups in total. The normalized spacial score (nSPS) is 19.4. The zero-order valence-electron chi connectivity index (χ0n) is 20.6. The van der Waals surface area contributed by atoms with Crippen LogP contribution in [0.2, 0.25) is 0 Å². The molecular formula is C27H26FN5O4. The number of benzene rings is 2. The van der Waals surface area contributed by atoms with E-state index < -0.39 is 11.7 Å². The summed E-state index contributed by atoms with van der Waals surface area (Å²) in [4.78, 5) is 30.8. The second-order valence-electron chi connectivity index (χ2n) is 9.21. The number of rotatable bonds is 6. The monoisotopic (exact) mass is 503 g/mol. The highest BCUT2D eigenvalue weighted by atomic mass is 19.1. The number of aromatic amines is 1. The number of carbonyl (C=O) groups excluding carboxylic acids is 1. The number of imidazole rings is 1. The van der Waals surface area contributed by atoms with Gasteiger partial charge in [0.25, 0.3) is 0 Å². The maximum Gasteiger partial charge on any atom is 0.322 e. The van der Waals surface area contributed by atoms with Crippen molar-refractivity contribution in [3.05, 3.63) is 78.5 Å². The molecule has 10 heteroatoms. The highest BCUT2D eigenvalue weighted by molar-refractivity contribution is 5.82. The molecule has 1 aliphatic heterocycles. The first-order valence-electron chi connectivity index (χ1n) is 11.7. The summed E-state index contributed by atoms with van der Waals surface area (Å²) in [7, 11) is 3.40. The van der Waals surface area contributed by atoms with Crippen molar-refractivity contribution in [3.63, 3.8) is 0 Å². The maximum absolute atomic E-state index is 13.6. The van der Waals surface area contributed by atoms with Crippen molar-refractivity contribution < 1.29 is 23.4 Å². The van der Waals surface area contributed by atoms with E-state index in [0.717, 1.165) is 0 Å². The van der Waals surface area contributed by atoms with Crippen LogP contribution in [0.1, 0.15) is 19.0 Å². The van der Waals surface area contributed by atoms with Crippen LogP contribution in [0, 0.1) is 11.2 Å². The van der Waals surface area contributed by atoms with Crippen LogP contribution < -0.4 is 4.74 Å². The van der Waals surface area contributed by atoms with E-state index >= 15 is 0 Å². The number of nitrogens with one attached hydrogen (secondary N) is 1. The molecule has 0 spiro atoms. The number of hydrogen-bond acceptors (Lipinski definition) is 7. The fourth-order valence-electron chi connectivity index (χ4n) is 4.06. The molecule has 1 fully saturated rings. The van der Waals surface area contributed by atoms with E-state index in [4.69, 9.17) is 19.2 Å². The molecule has 0 saturated carbocycles. The van der Waals surface area contributed by atoms with E-state index in [0.29, 0.717) is 34.2 Å². The summed E-state index contributed by atoms with van der Waals surface area (Å²) in [5, 5.41) is 0. The molecule has 0 atom stereocenters. The van der Waals surface area contributed by atoms with Crippen LogP contribution in [-0.2, 0) is 14.3 Å². The van der Waals surface area contributed by atoms with E-state index in [9.17, 15) is 9.18 Å². The lowest BCUT2D eigenvalue weighted by Gasteiger charge is -2.36. The molecular weight excluding hydrogens is 477 g/mol. The van der Waals surface area contributed by atoms with Gasteiger partial charge in [-0.25, -0.2) is 14.4 Å². The van der Waals surface area contributed by atoms with Crippen molar-refractivity contribution in [2.24, 2.45) is 5.41 Å². The number of H-pyrrole nitrogens is 1. The molecule has 4 aromatic rings. The van der Waals surface area contributed by atoms with Gasteiger partial charge in [0, 0.05) is 25.9 Å². The minimum atomic E-state index is -0.821. The van der Waals surface area contributed by atoms with E-state index in [1.165, 1.54) is 17.0 Å². The Morgan fingerprint density at radius 1 is 1.05 bits per heavy atom. The van der Waals surface area contributed by atoms with E-state index in [1.54, 1.807) is 57.5 Å². The van der Waals surface area contributed by atoms with Crippen molar-refractivity contribution in [2.75, 3.05) is 27.3 Å². The molecule has 0 bridgehead atoms. The van der Waals surface area contributed by atoms with Gasteiger partial charge in [-0.05, 0) is 49.4 Å². The van der Waals surface area contributed by atoms with Gasteiger partial charge in [0.05, 0.1) is 35.7 Å². The van der Waals surface area contributed by atoms with Crippen LogP contribution in [0.15, 0.2) is 66.9 Å². The number of hydrogen-bond donors (Lipinski definition) is 1. The van der Waals surface area contributed by atoms with Gasteiger partial charge in [0.2, 0.25) is 12.2 Å². The van der Waals surface area contributed by atoms with Crippen LogP contribution >= 0.6 is 0 Å². The largest absolute Gasteiger partial charge is 0.424 e. The molecule has 1 amide bonds. The summed E-state index contributed by atoms with van der Waals surface area (Å²) in [5.74, 6) is 0.566. The highest BCUT2D eigenvalue weighted by Crippen LogP contribution is 2.36. The standard InChI is InChI=1S/C27H26FN5O4/c1-27(25(34)33(2)3)15-35-24(36-16-27)23-31-21(17-9-11-18(28)12-10-17)22(32-23)20-13-14-29-26(30-20)37-19-7-5-4-6-8-19/h4-14,24H,15-16H2,1-3H3,(H,31,32). The van der Waals surface area contributed by atoms with Crippen molar-refractivity contribution in [1.82, 2.24) is 24.8 Å². The average molecular weight is 504 g/mol. The molecule has 9 nitrogen and oxygen atoms in total. The van der Waals surface area contributed by atoms with Crippen molar-refractivity contribution in [2.45, 2.75) is 13.2 Å². The SMILES string of the molecule is CN(C)C(=O)C1(C)COC(c2nc(-c3ccc(F)cc3)c(-c3ccnc(Oc4ccccc4)n3)[nH]2)OC1. The van der Waals surface area contributed by atoms with Crippen LogP contribution in [0.25, 0.3) is 22.6 Å². The third-order valence-electron chi connectivity index (χ3n) is 5.93. The van der Waals surface area contributed by atoms with E-state index in [-0.39, 0.29) is 30.9 Å². The van der Waals surface area contributed by atoms with Crippen LogP contribution in [0.5, 0.6) is 11.8 Å². The average Bonchev–Trinajstić information content (AvgIpc) is 3.35. The van der Waals surface area contributed by atoms with Gasteiger partial charge in [-0.3, -0.25) is 4.79 Å². The van der Waals surface area contributed by atoms with E-state index in [2.05, 4.69) is 15.0 Å². The molecule has 1 aliphatic rings.